The molecule has 16 heavy (non-hydrogen) atoms. The second-order valence-corrected chi connectivity index (χ2v) is 5.92. The Morgan fingerprint density at radius 2 is 2.44 bits per heavy atom. The molecule has 2 rings (SSSR count). The summed E-state index contributed by atoms with van der Waals surface area (Å²) in [6.45, 7) is 3.66. The van der Waals surface area contributed by atoms with Crippen molar-refractivity contribution in [2.45, 2.75) is 19.5 Å². The molecule has 0 aromatic carbocycles. The fraction of sp³-hybridized carbons (Fsp3) is 0.364. The molecule has 0 aliphatic rings. The van der Waals surface area contributed by atoms with Gasteiger partial charge in [0.1, 0.15) is 5.01 Å². The Bertz CT molecular complexity index is 422. The van der Waals surface area contributed by atoms with E-state index in [-0.39, 0.29) is 6.04 Å². The summed E-state index contributed by atoms with van der Waals surface area (Å²) in [5.41, 5.74) is 6.04. The molecule has 2 aromatic heterocycles. The molecule has 0 aliphatic carbocycles. The number of thiazole rings is 1. The lowest BCUT2D eigenvalue weighted by Gasteiger charge is -2.09. The first-order chi connectivity index (χ1) is 7.75. The van der Waals surface area contributed by atoms with Gasteiger partial charge in [-0.3, -0.25) is 0 Å². The summed E-state index contributed by atoms with van der Waals surface area (Å²) < 4.78 is 0. The van der Waals surface area contributed by atoms with E-state index >= 15 is 0 Å². The first kappa shape index (κ1) is 11.7. The van der Waals surface area contributed by atoms with E-state index in [0.29, 0.717) is 0 Å². The number of rotatable bonds is 5. The number of nitrogens with two attached hydrogens (primary N) is 1. The molecule has 2 aromatic rings. The van der Waals surface area contributed by atoms with E-state index < -0.39 is 0 Å². The van der Waals surface area contributed by atoms with Gasteiger partial charge in [0.15, 0.2) is 0 Å². The Morgan fingerprint density at radius 3 is 3.06 bits per heavy atom. The lowest BCUT2D eigenvalue weighted by Crippen LogP contribution is -2.25. The van der Waals surface area contributed by atoms with Crippen molar-refractivity contribution >= 4 is 22.7 Å². The minimum Gasteiger partial charge on any atom is -0.322 e. The van der Waals surface area contributed by atoms with Crippen LogP contribution in [0.2, 0.25) is 0 Å². The molecule has 0 bridgehead atoms. The minimum atomic E-state index is 0.0843. The molecule has 0 radical (unpaired) electrons. The predicted octanol–water partition coefficient (Wildman–Crippen LogP) is 2.30. The van der Waals surface area contributed by atoms with Crippen molar-refractivity contribution in [1.82, 2.24) is 10.3 Å². The summed E-state index contributed by atoms with van der Waals surface area (Å²) in [7, 11) is 0. The van der Waals surface area contributed by atoms with Gasteiger partial charge in [-0.25, -0.2) is 4.98 Å². The summed E-state index contributed by atoms with van der Waals surface area (Å²) in [5.74, 6) is 0. The standard InChI is InChI=1S/C11H15N3S2/c1-8-5-14-11(16-8)7-13-6-9(12)10-3-2-4-15-10/h2-5,9,13H,6-7,12H2,1H3. The van der Waals surface area contributed by atoms with Crippen LogP contribution in [-0.2, 0) is 6.54 Å². The molecular formula is C11H15N3S2. The van der Waals surface area contributed by atoms with Gasteiger partial charge in [0, 0.05) is 29.0 Å². The average Bonchev–Trinajstić information content (AvgIpc) is 2.89. The van der Waals surface area contributed by atoms with Gasteiger partial charge in [-0.05, 0) is 18.4 Å². The van der Waals surface area contributed by atoms with Crippen LogP contribution >= 0.6 is 22.7 Å². The molecule has 0 saturated heterocycles. The highest BCUT2D eigenvalue weighted by Gasteiger charge is 2.06. The molecule has 0 saturated carbocycles. The van der Waals surface area contributed by atoms with Gasteiger partial charge in [-0.2, -0.15) is 0 Å². The molecule has 3 nitrogen and oxygen atoms in total. The topological polar surface area (TPSA) is 50.9 Å². The fourth-order valence-electron chi connectivity index (χ4n) is 1.42. The third-order valence-corrected chi connectivity index (χ3v) is 4.14. The van der Waals surface area contributed by atoms with Crippen LogP contribution in [0.25, 0.3) is 0 Å². The summed E-state index contributed by atoms with van der Waals surface area (Å²) >= 11 is 3.43. The van der Waals surface area contributed by atoms with Crippen molar-refractivity contribution in [2.24, 2.45) is 5.73 Å². The Kier molecular flexibility index (Phi) is 4.06. The molecule has 3 N–H and O–H groups in total. The normalized spacial score (nSPS) is 12.9. The second kappa shape index (κ2) is 5.54. The van der Waals surface area contributed by atoms with E-state index in [0.717, 1.165) is 18.1 Å². The first-order valence-corrected chi connectivity index (χ1v) is 6.86. The molecule has 1 unspecified atom stereocenters. The zero-order valence-corrected chi connectivity index (χ0v) is 10.8. The highest BCUT2D eigenvalue weighted by molar-refractivity contribution is 7.11. The Labute approximate surface area is 103 Å². The number of hydrogen-bond acceptors (Lipinski definition) is 5. The van der Waals surface area contributed by atoms with Gasteiger partial charge in [-0.1, -0.05) is 6.07 Å². The van der Waals surface area contributed by atoms with Crippen LogP contribution in [0.15, 0.2) is 23.7 Å². The van der Waals surface area contributed by atoms with E-state index in [1.54, 1.807) is 22.7 Å². The van der Waals surface area contributed by atoms with Gasteiger partial charge >= 0.3 is 0 Å². The molecule has 86 valence electrons. The van der Waals surface area contributed by atoms with Crippen LogP contribution in [0, 0.1) is 6.92 Å². The molecule has 2 heterocycles. The zero-order chi connectivity index (χ0) is 11.4. The van der Waals surface area contributed by atoms with Crippen LogP contribution in [0.5, 0.6) is 0 Å². The van der Waals surface area contributed by atoms with Gasteiger partial charge in [-0.15, -0.1) is 22.7 Å². The Hall–Kier alpha value is -0.750. The summed E-state index contributed by atoms with van der Waals surface area (Å²) in [4.78, 5) is 6.77. The van der Waals surface area contributed by atoms with Gasteiger partial charge in [0.25, 0.3) is 0 Å². The lowest BCUT2D eigenvalue weighted by atomic mass is 10.2. The molecule has 0 amide bonds. The van der Waals surface area contributed by atoms with E-state index in [2.05, 4.69) is 28.7 Å². The molecule has 1 atom stereocenters. The first-order valence-electron chi connectivity index (χ1n) is 5.16. The second-order valence-electron chi connectivity index (χ2n) is 3.62. The van der Waals surface area contributed by atoms with Crippen molar-refractivity contribution < 1.29 is 0 Å². The molecule has 0 spiro atoms. The van der Waals surface area contributed by atoms with Gasteiger partial charge in [0.2, 0.25) is 0 Å². The SMILES string of the molecule is Cc1cnc(CNCC(N)c2cccs2)s1. The number of aromatic nitrogens is 1. The maximum atomic E-state index is 6.04. The molecule has 0 aliphatic heterocycles. The van der Waals surface area contributed by atoms with Crippen molar-refractivity contribution in [2.75, 3.05) is 6.54 Å². The molecular weight excluding hydrogens is 238 g/mol. The van der Waals surface area contributed by atoms with E-state index in [1.165, 1.54) is 9.75 Å². The van der Waals surface area contributed by atoms with Crippen molar-refractivity contribution in [3.63, 3.8) is 0 Å². The number of nitrogens with zero attached hydrogens (tertiary/aromatic N) is 1. The van der Waals surface area contributed by atoms with E-state index in [9.17, 15) is 0 Å². The summed E-state index contributed by atoms with van der Waals surface area (Å²) in [5, 5.41) is 6.51. The summed E-state index contributed by atoms with van der Waals surface area (Å²) in [6.07, 6.45) is 1.90. The monoisotopic (exact) mass is 253 g/mol. The van der Waals surface area contributed by atoms with Crippen molar-refractivity contribution in [3.8, 4) is 0 Å². The largest absolute Gasteiger partial charge is 0.322 e. The van der Waals surface area contributed by atoms with Gasteiger partial charge < -0.3 is 11.1 Å². The fourth-order valence-corrected chi connectivity index (χ4v) is 2.91. The van der Waals surface area contributed by atoms with Crippen molar-refractivity contribution in [1.29, 1.82) is 0 Å². The Morgan fingerprint density at radius 1 is 1.56 bits per heavy atom. The summed E-state index contributed by atoms with van der Waals surface area (Å²) in [6, 6.07) is 4.19. The van der Waals surface area contributed by atoms with Crippen LogP contribution in [0.1, 0.15) is 20.8 Å². The predicted molar refractivity (Wildman–Crippen MR) is 69.8 cm³/mol. The third kappa shape index (κ3) is 3.12. The highest BCUT2D eigenvalue weighted by atomic mass is 32.1. The number of nitrogens with one attached hydrogen (secondary N) is 1. The maximum Gasteiger partial charge on any atom is 0.107 e. The third-order valence-electron chi connectivity index (χ3n) is 2.22. The average molecular weight is 253 g/mol. The number of hydrogen-bond donors (Lipinski definition) is 2. The molecule has 5 heteroatoms. The maximum absolute atomic E-state index is 6.04. The highest BCUT2D eigenvalue weighted by Crippen LogP contribution is 2.16. The van der Waals surface area contributed by atoms with Crippen LogP contribution in [0.4, 0.5) is 0 Å². The van der Waals surface area contributed by atoms with E-state index in [4.69, 9.17) is 5.73 Å². The van der Waals surface area contributed by atoms with E-state index in [1.807, 2.05) is 12.3 Å². The van der Waals surface area contributed by atoms with Crippen LogP contribution in [0.3, 0.4) is 0 Å². The lowest BCUT2D eigenvalue weighted by molar-refractivity contribution is 0.603. The van der Waals surface area contributed by atoms with Crippen LogP contribution in [-0.4, -0.2) is 11.5 Å². The number of thiophene rings is 1. The zero-order valence-electron chi connectivity index (χ0n) is 9.14. The Balaban J connectivity index is 1.76. The smallest absolute Gasteiger partial charge is 0.107 e. The van der Waals surface area contributed by atoms with Gasteiger partial charge in [0.05, 0.1) is 6.04 Å². The van der Waals surface area contributed by atoms with Crippen LogP contribution < -0.4 is 11.1 Å². The van der Waals surface area contributed by atoms with Crippen molar-refractivity contribution in [3.05, 3.63) is 38.5 Å². The quantitative estimate of drug-likeness (QED) is 0.859. The molecule has 0 fully saturated rings. The minimum absolute atomic E-state index is 0.0843. The number of aryl methyl sites for hydroxylation is 1.